The fourth-order valence-corrected chi connectivity index (χ4v) is 5.21. The number of anilines is 1. The first-order valence-electron chi connectivity index (χ1n) is 11.0. The number of carbonyl (C=O) groups excluding carboxylic acids is 1. The molecule has 0 saturated carbocycles. The van der Waals surface area contributed by atoms with Crippen molar-refractivity contribution in [2.24, 2.45) is 0 Å². The predicted molar refractivity (Wildman–Crippen MR) is 125 cm³/mol. The summed E-state index contributed by atoms with van der Waals surface area (Å²) in [6.07, 6.45) is 5.09. The summed E-state index contributed by atoms with van der Waals surface area (Å²) in [5.74, 6) is 0.358. The molecule has 1 aliphatic heterocycles. The third kappa shape index (κ3) is 4.41. The van der Waals surface area contributed by atoms with Gasteiger partial charge in [-0.25, -0.2) is 9.37 Å². The lowest BCUT2D eigenvalue weighted by Gasteiger charge is -2.36. The molecule has 4 aromatic rings. The van der Waals surface area contributed by atoms with Crippen LogP contribution in [-0.2, 0) is 11.4 Å². The Morgan fingerprint density at radius 1 is 1.32 bits per heavy atom. The van der Waals surface area contributed by atoms with Crippen molar-refractivity contribution in [2.45, 2.75) is 25.7 Å². The monoisotopic (exact) mass is 482 g/mol. The number of hydrogen-bond donors (Lipinski definition) is 1. The van der Waals surface area contributed by atoms with Gasteiger partial charge in [-0.2, -0.15) is 4.98 Å². The lowest BCUT2D eigenvalue weighted by molar-refractivity contribution is 0.102. The van der Waals surface area contributed by atoms with Crippen LogP contribution in [0.2, 0.25) is 0 Å². The van der Waals surface area contributed by atoms with Gasteiger partial charge >= 0.3 is 0 Å². The number of pyridine rings is 1. The van der Waals surface area contributed by atoms with Crippen molar-refractivity contribution in [2.75, 3.05) is 24.2 Å². The number of benzene rings is 1. The van der Waals surface area contributed by atoms with E-state index in [2.05, 4.69) is 27.4 Å². The van der Waals surface area contributed by atoms with Crippen LogP contribution in [0.1, 0.15) is 42.1 Å². The van der Waals surface area contributed by atoms with Crippen molar-refractivity contribution in [3.63, 3.8) is 0 Å². The van der Waals surface area contributed by atoms with Gasteiger partial charge in [-0.3, -0.25) is 9.20 Å². The van der Waals surface area contributed by atoms with Gasteiger partial charge in [-0.15, -0.1) is 4.31 Å². The Kier molecular flexibility index (Phi) is 6.31. The number of nitrogens with one attached hydrogen (secondary N) is 1. The average molecular weight is 483 g/mol. The number of imidazole rings is 1. The minimum atomic E-state index is -0.980. The normalized spacial score (nSPS) is 15.4. The summed E-state index contributed by atoms with van der Waals surface area (Å²) in [6, 6.07) is 9.62. The molecule has 1 unspecified atom stereocenters. The van der Waals surface area contributed by atoms with E-state index in [1.807, 2.05) is 10.4 Å². The van der Waals surface area contributed by atoms with E-state index in [9.17, 15) is 13.7 Å². The molecule has 1 fully saturated rings. The first-order valence-corrected chi connectivity index (χ1v) is 12.3. The Hall–Kier alpha value is -3.28. The molecule has 5 rings (SSSR count). The molecule has 11 heteroatoms. The Morgan fingerprint density at radius 3 is 3.00 bits per heavy atom. The van der Waals surface area contributed by atoms with Gasteiger partial charge < -0.3 is 14.4 Å². The molecule has 0 spiro atoms. The summed E-state index contributed by atoms with van der Waals surface area (Å²) < 4.78 is 35.6. The quantitative estimate of drug-likeness (QED) is 0.382. The van der Waals surface area contributed by atoms with Crippen LogP contribution in [0.25, 0.3) is 17.0 Å². The molecule has 9 nitrogen and oxygen atoms in total. The van der Waals surface area contributed by atoms with Gasteiger partial charge in [0.1, 0.15) is 22.9 Å². The molecule has 1 aromatic carbocycles. The van der Waals surface area contributed by atoms with Gasteiger partial charge in [0.15, 0.2) is 0 Å². The number of fused-ring (bicyclic) bond motifs is 1. The number of rotatable bonds is 8. The van der Waals surface area contributed by atoms with Crippen molar-refractivity contribution in [3.8, 4) is 11.4 Å². The van der Waals surface area contributed by atoms with Gasteiger partial charge in [0.25, 0.3) is 5.91 Å². The van der Waals surface area contributed by atoms with Gasteiger partial charge in [0.05, 0.1) is 30.9 Å². The van der Waals surface area contributed by atoms with Crippen LogP contribution in [0.15, 0.2) is 53.3 Å². The number of carbonyl (C=O) groups is 1. The van der Waals surface area contributed by atoms with E-state index in [0.29, 0.717) is 41.8 Å². The number of halogens is 1. The second-order valence-electron chi connectivity index (χ2n) is 8.10. The van der Waals surface area contributed by atoms with E-state index in [4.69, 9.17) is 4.52 Å². The maximum Gasteiger partial charge on any atom is 0.274 e. The molecule has 0 radical (unpaired) electrons. The van der Waals surface area contributed by atoms with Crippen LogP contribution in [0.5, 0.6) is 0 Å². The predicted octanol–water partition coefficient (Wildman–Crippen LogP) is 3.64. The van der Waals surface area contributed by atoms with Crippen molar-refractivity contribution >= 4 is 28.6 Å². The summed E-state index contributed by atoms with van der Waals surface area (Å²) in [7, 11) is 0. The van der Waals surface area contributed by atoms with E-state index in [0.717, 1.165) is 12.8 Å². The SMILES string of the molecule is CCCC[S+]([O-])N1CC(c2nc(-c3ccc(F)c(NC(=O)c4cnc5ccccn45)c3)no2)C1. The zero-order valence-electron chi connectivity index (χ0n) is 18.5. The molecule has 1 N–H and O–H groups in total. The molecule has 1 atom stereocenters. The Labute approximate surface area is 198 Å². The topological polar surface area (TPSA) is 112 Å². The van der Waals surface area contributed by atoms with Gasteiger partial charge in [-0.05, 0) is 36.8 Å². The maximum atomic E-state index is 14.5. The lowest BCUT2D eigenvalue weighted by atomic mass is 10.0. The smallest absolute Gasteiger partial charge is 0.274 e. The van der Waals surface area contributed by atoms with Crippen LogP contribution in [0.4, 0.5) is 10.1 Å². The molecule has 4 heterocycles. The van der Waals surface area contributed by atoms with Crippen LogP contribution in [0.3, 0.4) is 0 Å². The van der Waals surface area contributed by atoms with E-state index in [1.165, 1.54) is 24.4 Å². The number of hydrogen-bond acceptors (Lipinski definition) is 7. The molecule has 1 aliphatic rings. The fraction of sp³-hybridized carbons (Fsp3) is 0.304. The summed E-state index contributed by atoms with van der Waals surface area (Å²) in [5, 5.41) is 6.62. The fourth-order valence-electron chi connectivity index (χ4n) is 3.72. The number of nitrogens with zero attached hydrogens (tertiary/aromatic N) is 5. The first-order chi connectivity index (χ1) is 16.5. The minimum Gasteiger partial charge on any atom is -0.598 e. The zero-order valence-corrected chi connectivity index (χ0v) is 19.3. The zero-order chi connectivity index (χ0) is 23.7. The van der Waals surface area contributed by atoms with Crippen LogP contribution in [0, 0.1) is 5.82 Å². The Bertz CT molecular complexity index is 1320. The maximum absolute atomic E-state index is 14.5. The first kappa shape index (κ1) is 22.5. The number of aromatic nitrogens is 4. The number of amides is 1. The molecule has 0 bridgehead atoms. The summed E-state index contributed by atoms with van der Waals surface area (Å²) in [4.78, 5) is 21.4. The summed E-state index contributed by atoms with van der Waals surface area (Å²) in [6.45, 7) is 3.27. The molecule has 176 valence electrons. The van der Waals surface area contributed by atoms with Crippen LogP contribution in [-0.4, -0.2) is 53.1 Å². The van der Waals surface area contributed by atoms with Crippen molar-refractivity contribution < 1.29 is 18.3 Å². The standard InChI is InChI=1S/C23H23FN6O3S/c1-2-3-10-34(32)29-13-16(14-29)23-27-21(28-33-23)15-7-8-17(24)18(11-15)26-22(31)19-12-25-20-6-4-5-9-30(19)20/h4-9,11-12,16H,2-3,10,13-14H2,1H3,(H,26,31). The minimum absolute atomic E-state index is 0.000807. The third-order valence-electron chi connectivity index (χ3n) is 5.72. The highest BCUT2D eigenvalue weighted by Crippen LogP contribution is 2.31. The average Bonchev–Trinajstić information content (AvgIpc) is 3.46. The highest BCUT2D eigenvalue weighted by Gasteiger charge is 2.39. The second-order valence-corrected chi connectivity index (χ2v) is 9.67. The Balaban J connectivity index is 1.28. The molecular formula is C23H23FN6O3S. The van der Waals surface area contributed by atoms with Gasteiger partial charge in [0, 0.05) is 23.1 Å². The van der Waals surface area contributed by atoms with Crippen LogP contribution >= 0.6 is 0 Å². The van der Waals surface area contributed by atoms with E-state index < -0.39 is 23.1 Å². The van der Waals surface area contributed by atoms with Crippen molar-refractivity contribution in [1.29, 1.82) is 0 Å². The van der Waals surface area contributed by atoms with E-state index in [-0.39, 0.29) is 17.3 Å². The summed E-state index contributed by atoms with van der Waals surface area (Å²) >= 11 is -0.980. The van der Waals surface area contributed by atoms with Gasteiger partial charge in [0.2, 0.25) is 11.7 Å². The van der Waals surface area contributed by atoms with E-state index in [1.54, 1.807) is 22.7 Å². The third-order valence-corrected chi connectivity index (χ3v) is 7.23. The lowest BCUT2D eigenvalue weighted by Crippen LogP contribution is -2.49. The van der Waals surface area contributed by atoms with Gasteiger partial charge in [-0.1, -0.05) is 24.6 Å². The van der Waals surface area contributed by atoms with Crippen molar-refractivity contribution in [3.05, 3.63) is 66.2 Å². The molecule has 1 saturated heterocycles. The number of unbranched alkanes of at least 4 members (excludes halogenated alkanes) is 1. The Morgan fingerprint density at radius 2 is 2.18 bits per heavy atom. The molecule has 3 aromatic heterocycles. The van der Waals surface area contributed by atoms with Crippen LogP contribution < -0.4 is 5.32 Å². The summed E-state index contributed by atoms with van der Waals surface area (Å²) in [5.41, 5.74) is 1.41. The highest BCUT2D eigenvalue weighted by molar-refractivity contribution is 7.89. The molecule has 34 heavy (non-hydrogen) atoms. The van der Waals surface area contributed by atoms with Crippen molar-refractivity contribution in [1.82, 2.24) is 23.8 Å². The highest BCUT2D eigenvalue weighted by atomic mass is 32.2. The second kappa shape index (κ2) is 9.53. The molecule has 0 aliphatic carbocycles. The molecular weight excluding hydrogens is 459 g/mol. The van der Waals surface area contributed by atoms with E-state index >= 15 is 0 Å². The molecule has 1 amide bonds. The largest absolute Gasteiger partial charge is 0.598 e.